The molecule has 1 heterocycles. The first kappa shape index (κ1) is 41.8. The molecule has 0 radical (unpaired) electrons. The van der Waals surface area contributed by atoms with E-state index in [0.29, 0.717) is 47.1 Å². The van der Waals surface area contributed by atoms with Crippen LogP contribution in [-0.2, 0) is 14.3 Å². The highest BCUT2D eigenvalue weighted by molar-refractivity contribution is 6.03. The van der Waals surface area contributed by atoms with Gasteiger partial charge >= 0.3 is 6.09 Å². The normalized spacial score (nSPS) is 24.8. The molecule has 0 aromatic heterocycles. The molecule has 300 valence electrons. The van der Waals surface area contributed by atoms with Crippen LogP contribution in [0.2, 0.25) is 0 Å². The van der Waals surface area contributed by atoms with E-state index in [2.05, 4.69) is 12.7 Å². The molecule has 12 nitrogen and oxygen atoms in total. The Morgan fingerprint density at radius 2 is 1.78 bits per heavy atom. The fourth-order valence-corrected chi connectivity index (χ4v) is 8.34. The summed E-state index contributed by atoms with van der Waals surface area (Å²) in [6.07, 6.45) is 9.01. The number of methoxy groups -OCH3 is 1. The third kappa shape index (κ3) is 9.19. The van der Waals surface area contributed by atoms with Crippen molar-refractivity contribution in [1.29, 1.82) is 0 Å². The van der Waals surface area contributed by atoms with Crippen molar-refractivity contribution >= 4 is 18.1 Å². The number of benzene rings is 2. The molecule has 6 atom stereocenters. The average Bonchev–Trinajstić information content (AvgIpc) is 3.17. The Bertz CT molecular complexity index is 1720. The topological polar surface area (TPSA) is 146 Å². The number of aldehydes is 1. The van der Waals surface area contributed by atoms with Crippen molar-refractivity contribution in [2.75, 3.05) is 40.6 Å². The summed E-state index contributed by atoms with van der Waals surface area (Å²) in [6.45, 7) is 12.1. The minimum Gasteiger partial charge on any atom is -0.496 e. The number of rotatable bonds is 18. The van der Waals surface area contributed by atoms with Gasteiger partial charge in [0.15, 0.2) is 6.29 Å². The minimum absolute atomic E-state index is 0.0442. The lowest BCUT2D eigenvalue weighted by Crippen LogP contribution is -2.69. The van der Waals surface area contributed by atoms with Crippen LogP contribution >= 0.6 is 0 Å². The van der Waals surface area contributed by atoms with Crippen LogP contribution in [0.5, 0.6) is 23.0 Å². The lowest BCUT2D eigenvalue weighted by atomic mass is 9.55. The van der Waals surface area contributed by atoms with Crippen LogP contribution in [0.25, 0.3) is 0 Å². The molecule has 0 bridgehead atoms. The van der Waals surface area contributed by atoms with Gasteiger partial charge in [-0.3, -0.25) is 4.79 Å². The monoisotopic (exact) mass is 762 g/mol. The summed E-state index contributed by atoms with van der Waals surface area (Å²) in [5.41, 5.74) is 2.32. The largest absolute Gasteiger partial charge is 0.496 e. The van der Waals surface area contributed by atoms with Gasteiger partial charge in [0.05, 0.1) is 37.5 Å². The minimum atomic E-state index is -1.39. The summed E-state index contributed by atoms with van der Waals surface area (Å²) in [6, 6.07) is 10.1. The molecule has 0 unspecified atom stereocenters. The van der Waals surface area contributed by atoms with Crippen molar-refractivity contribution in [1.82, 2.24) is 4.90 Å². The highest BCUT2D eigenvalue weighted by atomic mass is 16.7. The van der Waals surface area contributed by atoms with Gasteiger partial charge < -0.3 is 43.6 Å². The van der Waals surface area contributed by atoms with E-state index in [9.17, 15) is 19.8 Å². The zero-order chi connectivity index (χ0) is 39.8. The summed E-state index contributed by atoms with van der Waals surface area (Å²) in [7, 11) is 3.21. The van der Waals surface area contributed by atoms with Crippen molar-refractivity contribution in [2.24, 2.45) is 22.9 Å². The van der Waals surface area contributed by atoms with Crippen LogP contribution in [0, 0.1) is 17.8 Å². The first-order chi connectivity index (χ1) is 26.4. The Labute approximate surface area is 325 Å². The fourth-order valence-electron chi connectivity index (χ4n) is 8.34. The highest BCUT2D eigenvalue weighted by Crippen LogP contribution is 2.62. The average molecular weight is 763 g/mol. The molecule has 3 aliphatic rings. The molecule has 2 aromatic carbocycles. The van der Waals surface area contributed by atoms with E-state index in [1.807, 2.05) is 39.0 Å². The van der Waals surface area contributed by atoms with Crippen LogP contribution in [0.1, 0.15) is 94.5 Å². The van der Waals surface area contributed by atoms with Crippen molar-refractivity contribution < 1.29 is 48.3 Å². The predicted molar refractivity (Wildman–Crippen MR) is 209 cm³/mol. The lowest BCUT2D eigenvalue weighted by molar-refractivity contribution is -0.253. The Balaban J connectivity index is 1.76. The number of hydrogen-bond donors (Lipinski definition) is 2. The molecule has 55 heavy (non-hydrogen) atoms. The number of ether oxygens (including phenoxy) is 5. The van der Waals surface area contributed by atoms with E-state index < -0.39 is 29.4 Å². The van der Waals surface area contributed by atoms with Crippen molar-refractivity contribution in [3.63, 3.8) is 0 Å². The molecule has 12 heteroatoms. The number of oxime groups is 1. The van der Waals surface area contributed by atoms with Gasteiger partial charge in [-0.05, 0) is 107 Å². The molecular weight excluding hydrogens is 704 g/mol. The molecule has 0 saturated heterocycles. The number of likely N-dealkylation sites (N-methyl/N-ethyl adjacent to an activating group) is 1. The molecule has 1 amide bonds. The maximum absolute atomic E-state index is 13.6. The fraction of sp³-hybridized carbons (Fsp3) is 0.558. The second kappa shape index (κ2) is 18.5. The zero-order valence-corrected chi connectivity index (χ0v) is 33.1. The highest BCUT2D eigenvalue weighted by Gasteiger charge is 2.65. The molecule has 5 rings (SSSR count). The lowest BCUT2D eigenvalue weighted by Gasteiger charge is -2.59. The molecule has 1 saturated carbocycles. The van der Waals surface area contributed by atoms with E-state index in [1.54, 1.807) is 43.1 Å². The Morgan fingerprint density at radius 1 is 1.07 bits per heavy atom. The number of aliphatic hydroxyl groups is 2. The Morgan fingerprint density at radius 3 is 2.44 bits per heavy atom. The summed E-state index contributed by atoms with van der Waals surface area (Å²) >= 11 is 0. The van der Waals surface area contributed by atoms with Crippen molar-refractivity contribution in [2.45, 2.75) is 96.0 Å². The molecule has 2 aromatic rings. The zero-order valence-electron chi connectivity index (χ0n) is 33.1. The molecule has 2 N–H and O–H groups in total. The van der Waals surface area contributed by atoms with Gasteiger partial charge in [0.2, 0.25) is 5.79 Å². The molecule has 2 aliphatic carbocycles. The summed E-state index contributed by atoms with van der Waals surface area (Å²) < 4.78 is 31.3. The van der Waals surface area contributed by atoms with E-state index in [4.69, 9.17) is 33.7 Å². The van der Waals surface area contributed by atoms with E-state index in [1.165, 1.54) is 7.11 Å². The standard InChI is InChI=1S/C43H58N2O10/c1-8-22-52-43-38(45(6)41(49)51-9-2)26-35(44-55-42(3,4)5)33-24-28(14-10-12-20-46)32(15-11-13-21-47)39(40(33)43)34-25-31(17-19-37(34)54-43)53-30-16-18-36(50-7)29(23-30)27-48/h8,16-19,23-25,27-28,32,38-40,46-47H,1,9-15,20-22,26H2,2-7H3/t28-,32+,38-,39+,40+,43+/m0/s1. The summed E-state index contributed by atoms with van der Waals surface area (Å²) in [5, 5.41) is 24.5. The van der Waals surface area contributed by atoms with Crippen LogP contribution < -0.4 is 14.2 Å². The second-order valence-corrected chi connectivity index (χ2v) is 15.4. The van der Waals surface area contributed by atoms with Gasteiger partial charge in [0.25, 0.3) is 0 Å². The number of fused-ring (bicyclic) bond motifs is 2. The van der Waals surface area contributed by atoms with Gasteiger partial charge in [0, 0.05) is 38.2 Å². The van der Waals surface area contributed by atoms with Gasteiger partial charge in [-0.25, -0.2) is 4.79 Å². The number of nitrogens with zero attached hydrogens (tertiary/aromatic N) is 2. The molecular formula is C43H58N2O10. The smallest absolute Gasteiger partial charge is 0.409 e. The number of unbranched alkanes of at least 4 members (excludes halogenated alkanes) is 2. The number of allylic oxidation sites excluding steroid dienone is 1. The second-order valence-electron chi connectivity index (χ2n) is 15.4. The number of hydrogen-bond acceptors (Lipinski definition) is 11. The van der Waals surface area contributed by atoms with Crippen LogP contribution in [0.15, 0.2) is 65.9 Å². The maximum Gasteiger partial charge on any atom is 0.409 e. The SMILES string of the molecule is C=CCO[C@@]12Oc3ccc(Oc4ccc(OC)c(C=O)c4)cc3[C@H]3[C@H](CCCCO)[C@@H](CCCCO)C=C(C(=NOC(C)(C)C)C[C@@H]1N(C)C(=O)OCC)[C@H]32. The van der Waals surface area contributed by atoms with Gasteiger partial charge in [-0.1, -0.05) is 30.1 Å². The van der Waals surface area contributed by atoms with Crippen molar-refractivity contribution in [3.8, 4) is 23.0 Å². The molecule has 1 fully saturated rings. The number of amides is 1. The third-order valence-electron chi connectivity index (χ3n) is 10.7. The van der Waals surface area contributed by atoms with Crippen molar-refractivity contribution in [3.05, 3.63) is 71.8 Å². The number of carbonyl (C=O) groups excluding carboxylic acids is 2. The van der Waals surface area contributed by atoms with Crippen LogP contribution in [0.4, 0.5) is 4.79 Å². The van der Waals surface area contributed by atoms with Crippen LogP contribution in [-0.4, -0.2) is 91.2 Å². The van der Waals surface area contributed by atoms with E-state index in [0.717, 1.165) is 43.1 Å². The summed E-state index contributed by atoms with van der Waals surface area (Å²) in [4.78, 5) is 33.1. The van der Waals surface area contributed by atoms with Gasteiger partial charge in [0.1, 0.15) is 34.6 Å². The van der Waals surface area contributed by atoms with E-state index >= 15 is 0 Å². The molecule has 1 aliphatic heterocycles. The third-order valence-corrected chi connectivity index (χ3v) is 10.7. The number of aliphatic hydroxyl groups excluding tert-OH is 2. The Hall–Kier alpha value is -4.39. The maximum atomic E-state index is 13.6. The summed E-state index contributed by atoms with van der Waals surface area (Å²) in [5.74, 6) is 0.0957. The first-order valence-corrected chi connectivity index (χ1v) is 19.4. The quantitative estimate of drug-likeness (QED) is 0.0667. The number of carbonyl (C=O) groups is 2. The molecule has 0 spiro atoms. The van der Waals surface area contributed by atoms with Gasteiger partial charge in [-0.15, -0.1) is 6.58 Å². The van der Waals surface area contributed by atoms with E-state index in [-0.39, 0.29) is 50.6 Å². The Kier molecular flexibility index (Phi) is 14.0. The van der Waals surface area contributed by atoms with Gasteiger partial charge in [-0.2, -0.15) is 0 Å². The predicted octanol–water partition coefficient (Wildman–Crippen LogP) is 7.82. The first-order valence-electron chi connectivity index (χ1n) is 19.4. The van der Waals surface area contributed by atoms with Crippen LogP contribution in [0.3, 0.4) is 0 Å².